The lowest BCUT2D eigenvalue weighted by molar-refractivity contribution is -0.118. The predicted octanol–water partition coefficient (Wildman–Crippen LogP) is 2.67. The van der Waals surface area contributed by atoms with E-state index in [1.54, 1.807) is 12.1 Å². The second-order valence-corrected chi connectivity index (χ2v) is 11.8. The van der Waals surface area contributed by atoms with Gasteiger partial charge in [-0.15, -0.1) is 0 Å². The third-order valence-electron chi connectivity index (χ3n) is 7.13. The van der Waals surface area contributed by atoms with E-state index in [-0.39, 0.29) is 29.4 Å². The fourth-order valence-electron chi connectivity index (χ4n) is 5.35. The molecule has 0 saturated carbocycles. The number of carbonyl (C=O) groups is 1. The van der Waals surface area contributed by atoms with Crippen molar-refractivity contribution in [2.75, 3.05) is 51.1 Å². The van der Waals surface area contributed by atoms with Gasteiger partial charge < -0.3 is 10.6 Å². The lowest BCUT2D eigenvalue weighted by atomic mass is 10.1. The second kappa shape index (κ2) is 11.7. The van der Waals surface area contributed by atoms with Gasteiger partial charge in [-0.25, -0.2) is 13.3 Å². The highest BCUT2D eigenvalue weighted by atomic mass is 32.2. The molecule has 2 aliphatic rings. The summed E-state index contributed by atoms with van der Waals surface area (Å²) in [4.78, 5) is 20.9. The van der Waals surface area contributed by atoms with Gasteiger partial charge in [0.25, 0.3) is 0 Å². The van der Waals surface area contributed by atoms with E-state index in [1.807, 2.05) is 37.8 Å². The molecule has 9 nitrogen and oxygen atoms in total. The van der Waals surface area contributed by atoms with Gasteiger partial charge in [-0.2, -0.15) is 4.31 Å². The fraction of sp³-hybridized carbons (Fsp3) is 0.481. The van der Waals surface area contributed by atoms with Gasteiger partial charge >= 0.3 is 0 Å². The van der Waals surface area contributed by atoms with Gasteiger partial charge in [0.05, 0.1) is 18.0 Å². The molecule has 0 bridgehead atoms. The Kier molecular flexibility index (Phi) is 8.62. The Hall–Kier alpha value is -2.81. The number of piperazine rings is 2. The first-order valence-electron chi connectivity index (χ1n) is 12.7. The summed E-state index contributed by atoms with van der Waals surface area (Å²) in [6, 6.07) is 11.5. The zero-order valence-electron chi connectivity index (χ0n) is 21.8. The van der Waals surface area contributed by atoms with E-state index < -0.39 is 10.0 Å². The molecule has 0 aliphatic carbocycles. The molecule has 0 radical (unpaired) electrons. The third-order valence-corrected chi connectivity index (χ3v) is 9.25. The molecule has 2 N–H and O–H groups in total. The number of hydrogen-bond donors (Lipinski definition) is 2. The van der Waals surface area contributed by atoms with Crippen molar-refractivity contribution < 1.29 is 13.2 Å². The maximum absolute atomic E-state index is 13.4. The van der Waals surface area contributed by atoms with Crippen LogP contribution >= 0.6 is 0 Å². The van der Waals surface area contributed by atoms with Crippen molar-refractivity contribution in [1.29, 1.82) is 0 Å². The van der Waals surface area contributed by atoms with Crippen LogP contribution in [0.25, 0.3) is 4.85 Å². The monoisotopic (exact) mass is 524 g/mol. The van der Waals surface area contributed by atoms with E-state index in [4.69, 9.17) is 6.57 Å². The standard InChI is InChI=1S/C27H36N6O3S/c1-20-16-32(17-21(2)33(20)37(35,36)25-9-6-8-24(15-25)28-4)19-27(34)30-26-10-5-7-23(22(26)3)18-31-13-11-29-12-14-31/h5-10,15,20-21,29H,11-14,16-19H2,1-3H3,(H,30,34). The first kappa shape index (κ1) is 27.2. The van der Waals surface area contributed by atoms with Gasteiger partial charge in [0.15, 0.2) is 5.69 Å². The minimum Gasteiger partial charge on any atom is -0.325 e. The average molecular weight is 525 g/mol. The Morgan fingerprint density at radius 1 is 1.08 bits per heavy atom. The summed E-state index contributed by atoms with van der Waals surface area (Å²) in [5.74, 6) is -0.108. The van der Waals surface area contributed by atoms with Crippen LogP contribution in [0.3, 0.4) is 0 Å². The first-order chi connectivity index (χ1) is 17.7. The summed E-state index contributed by atoms with van der Waals surface area (Å²) >= 11 is 0. The molecule has 37 heavy (non-hydrogen) atoms. The summed E-state index contributed by atoms with van der Waals surface area (Å²) in [5.41, 5.74) is 3.40. The van der Waals surface area contributed by atoms with Crippen LogP contribution in [-0.4, -0.2) is 86.3 Å². The van der Waals surface area contributed by atoms with Gasteiger partial charge in [0, 0.05) is 63.6 Å². The molecule has 4 rings (SSSR count). The third kappa shape index (κ3) is 6.37. The molecule has 10 heteroatoms. The normalized spacial score (nSPS) is 21.9. The lowest BCUT2D eigenvalue weighted by Crippen LogP contribution is -2.59. The number of nitrogens with one attached hydrogen (secondary N) is 2. The van der Waals surface area contributed by atoms with Crippen LogP contribution in [-0.2, 0) is 21.4 Å². The molecular weight excluding hydrogens is 488 g/mol. The molecule has 198 valence electrons. The highest BCUT2D eigenvalue weighted by molar-refractivity contribution is 7.89. The van der Waals surface area contributed by atoms with E-state index >= 15 is 0 Å². The summed E-state index contributed by atoms with van der Waals surface area (Å²) in [5, 5.41) is 6.44. The predicted molar refractivity (Wildman–Crippen MR) is 145 cm³/mol. The topological polar surface area (TPSA) is 89.3 Å². The van der Waals surface area contributed by atoms with Crippen LogP contribution in [0.5, 0.6) is 0 Å². The number of anilines is 1. The summed E-state index contributed by atoms with van der Waals surface area (Å²) in [6.45, 7) is 18.9. The van der Waals surface area contributed by atoms with Crippen LogP contribution in [0.2, 0.25) is 0 Å². The number of benzene rings is 2. The SMILES string of the molecule is [C-]#[N+]c1cccc(S(=O)(=O)N2C(C)CN(CC(=O)Nc3cccc(CN4CCNCC4)c3C)CC2C)c1. The Labute approximate surface area is 220 Å². The molecule has 2 aromatic rings. The summed E-state index contributed by atoms with van der Waals surface area (Å²) < 4.78 is 28.3. The maximum atomic E-state index is 13.4. The Balaban J connectivity index is 1.38. The fourth-order valence-corrected chi connectivity index (χ4v) is 7.19. The Morgan fingerprint density at radius 3 is 2.43 bits per heavy atom. The highest BCUT2D eigenvalue weighted by Crippen LogP contribution is 2.28. The number of nitrogens with zero attached hydrogens (tertiary/aromatic N) is 4. The van der Waals surface area contributed by atoms with Crippen molar-refractivity contribution in [3.63, 3.8) is 0 Å². The minimum atomic E-state index is -3.76. The number of carbonyl (C=O) groups excluding carboxylic acids is 1. The van der Waals surface area contributed by atoms with E-state index in [9.17, 15) is 13.2 Å². The van der Waals surface area contributed by atoms with E-state index in [0.717, 1.165) is 44.0 Å². The molecule has 0 spiro atoms. The van der Waals surface area contributed by atoms with Crippen molar-refractivity contribution in [3.8, 4) is 0 Å². The van der Waals surface area contributed by atoms with Crippen LogP contribution in [0.15, 0.2) is 47.4 Å². The highest BCUT2D eigenvalue weighted by Gasteiger charge is 2.38. The van der Waals surface area contributed by atoms with Gasteiger partial charge in [-0.05, 0) is 50.1 Å². The van der Waals surface area contributed by atoms with Crippen molar-refractivity contribution in [3.05, 3.63) is 65.0 Å². The van der Waals surface area contributed by atoms with Gasteiger partial charge in [-0.1, -0.05) is 24.3 Å². The molecule has 0 aromatic heterocycles. The molecular formula is C27H36N6O3S. The number of hydrogen-bond acceptors (Lipinski definition) is 6. The summed E-state index contributed by atoms with van der Waals surface area (Å²) in [6.07, 6.45) is 0. The van der Waals surface area contributed by atoms with Crippen molar-refractivity contribution >= 4 is 27.3 Å². The van der Waals surface area contributed by atoms with Crippen molar-refractivity contribution in [1.82, 2.24) is 19.4 Å². The molecule has 2 fully saturated rings. The van der Waals surface area contributed by atoms with Gasteiger partial charge in [0.1, 0.15) is 0 Å². The second-order valence-electron chi connectivity index (χ2n) is 10.0. The molecule has 2 atom stereocenters. The molecule has 2 unspecified atom stereocenters. The lowest BCUT2D eigenvalue weighted by Gasteiger charge is -2.43. The first-order valence-corrected chi connectivity index (χ1v) is 14.2. The van der Waals surface area contributed by atoms with Crippen LogP contribution in [0.1, 0.15) is 25.0 Å². The molecule has 2 heterocycles. The zero-order chi connectivity index (χ0) is 26.6. The van der Waals surface area contributed by atoms with E-state index in [0.29, 0.717) is 18.8 Å². The Bertz CT molecular complexity index is 1260. The number of sulfonamides is 1. The molecule has 2 aliphatic heterocycles. The molecule has 2 aromatic carbocycles. The average Bonchev–Trinajstić information content (AvgIpc) is 2.86. The Morgan fingerprint density at radius 2 is 1.76 bits per heavy atom. The number of amides is 1. The molecule has 1 amide bonds. The smallest absolute Gasteiger partial charge is 0.242 e. The van der Waals surface area contributed by atoms with Gasteiger partial charge in [0.2, 0.25) is 15.9 Å². The zero-order valence-corrected chi connectivity index (χ0v) is 22.6. The van der Waals surface area contributed by atoms with Gasteiger partial charge in [-0.3, -0.25) is 14.6 Å². The minimum absolute atomic E-state index is 0.108. The van der Waals surface area contributed by atoms with Crippen LogP contribution < -0.4 is 10.6 Å². The van der Waals surface area contributed by atoms with E-state index in [1.165, 1.54) is 22.0 Å². The summed E-state index contributed by atoms with van der Waals surface area (Å²) in [7, 11) is -3.76. The quantitative estimate of drug-likeness (QED) is 0.542. The largest absolute Gasteiger partial charge is 0.325 e. The number of rotatable bonds is 7. The van der Waals surface area contributed by atoms with Crippen LogP contribution in [0, 0.1) is 13.5 Å². The van der Waals surface area contributed by atoms with E-state index in [2.05, 4.69) is 26.4 Å². The van der Waals surface area contributed by atoms with Crippen molar-refractivity contribution in [2.24, 2.45) is 0 Å². The molecule has 2 saturated heterocycles. The van der Waals surface area contributed by atoms with Crippen molar-refractivity contribution in [2.45, 2.75) is 44.3 Å². The van der Waals surface area contributed by atoms with Crippen LogP contribution in [0.4, 0.5) is 11.4 Å². The maximum Gasteiger partial charge on any atom is 0.242 e.